The van der Waals surface area contributed by atoms with E-state index in [1.54, 1.807) is 12.3 Å². The number of anilines is 1. The minimum absolute atomic E-state index is 0.0936. The lowest BCUT2D eigenvalue weighted by atomic mass is 10.2. The minimum atomic E-state index is -0.485. The second-order valence-electron chi connectivity index (χ2n) is 4.45. The number of hydrogen-bond donors (Lipinski definition) is 1. The van der Waals surface area contributed by atoms with Crippen molar-refractivity contribution in [2.75, 3.05) is 5.73 Å². The van der Waals surface area contributed by atoms with Crippen LogP contribution in [0.2, 0.25) is 0 Å². The number of rotatable bonds is 2. The zero-order valence-corrected chi connectivity index (χ0v) is 11.2. The number of nitrogen functional groups attached to an aromatic ring is 1. The van der Waals surface area contributed by atoms with Gasteiger partial charge in [-0.25, -0.2) is 0 Å². The first-order valence-electron chi connectivity index (χ1n) is 4.89. The number of aromatic nitrogens is 1. The van der Waals surface area contributed by atoms with E-state index in [4.69, 9.17) is 10.5 Å². The lowest BCUT2D eigenvalue weighted by molar-refractivity contribution is -0.153. The largest absolute Gasteiger partial charge is 0.460 e. The summed E-state index contributed by atoms with van der Waals surface area (Å²) >= 11 is 3.25. The Balaban J connectivity index is 2.70. The van der Waals surface area contributed by atoms with Crippen molar-refractivity contribution in [3.05, 3.63) is 22.4 Å². The standard InChI is InChI=1S/C11H15BrN2O2/c1-11(2,3)16-10(15)5-9-8(13)4-7(12)6-14-9/h4,6H,5,13H2,1-3H3. The lowest BCUT2D eigenvalue weighted by Gasteiger charge is -2.19. The lowest BCUT2D eigenvalue weighted by Crippen LogP contribution is -2.25. The van der Waals surface area contributed by atoms with E-state index in [1.807, 2.05) is 20.8 Å². The zero-order valence-electron chi connectivity index (χ0n) is 9.58. The summed E-state index contributed by atoms with van der Waals surface area (Å²) in [6.07, 6.45) is 1.70. The minimum Gasteiger partial charge on any atom is -0.460 e. The fourth-order valence-electron chi connectivity index (χ4n) is 1.15. The summed E-state index contributed by atoms with van der Waals surface area (Å²) in [6.45, 7) is 5.47. The number of carbonyl (C=O) groups excluding carboxylic acids is 1. The molecule has 1 aromatic rings. The fraction of sp³-hybridized carbons (Fsp3) is 0.455. The van der Waals surface area contributed by atoms with Gasteiger partial charge in [0.1, 0.15) is 5.60 Å². The molecule has 0 aromatic carbocycles. The van der Waals surface area contributed by atoms with E-state index >= 15 is 0 Å². The molecule has 5 heteroatoms. The molecule has 0 amide bonds. The highest BCUT2D eigenvalue weighted by atomic mass is 79.9. The third-order valence-electron chi connectivity index (χ3n) is 1.70. The van der Waals surface area contributed by atoms with Crippen LogP contribution in [-0.4, -0.2) is 16.6 Å². The van der Waals surface area contributed by atoms with Crippen molar-refractivity contribution in [3.8, 4) is 0 Å². The van der Waals surface area contributed by atoms with Crippen LogP contribution >= 0.6 is 15.9 Å². The summed E-state index contributed by atoms with van der Waals surface area (Å²) < 4.78 is 5.97. The second-order valence-corrected chi connectivity index (χ2v) is 5.37. The Labute approximate surface area is 103 Å². The number of hydrogen-bond acceptors (Lipinski definition) is 4. The van der Waals surface area contributed by atoms with E-state index in [9.17, 15) is 4.79 Å². The smallest absolute Gasteiger partial charge is 0.312 e. The predicted octanol–water partition coefficient (Wildman–Crippen LogP) is 2.31. The molecule has 0 aliphatic carbocycles. The molecule has 16 heavy (non-hydrogen) atoms. The molecule has 0 bridgehead atoms. The van der Waals surface area contributed by atoms with Crippen LogP contribution in [0.3, 0.4) is 0 Å². The zero-order chi connectivity index (χ0) is 12.3. The van der Waals surface area contributed by atoms with Gasteiger partial charge in [0.05, 0.1) is 17.8 Å². The summed E-state index contributed by atoms with van der Waals surface area (Å²) in [5.41, 5.74) is 6.27. The Morgan fingerprint density at radius 1 is 1.56 bits per heavy atom. The summed E-state index contributed by atoms with van der Waals surface area (Å²) in [5.74, 6) is -0.325. The molecule has 0 saturated carbocycles. The van der Waals surface area contributed by atoms with Crippen molar-refractivity contribution < 1.29 is 9.53 Å². The topological polar surface area (TPSA) is 65.2 Å². The van der Waals surface area contributed by atoms with Gasteiger partial charge >= 0.3 is 5.97 Å². The van der Waals surface area contributed by atoms with E-state index in [-0.39, 0.29) is 12.4 Å². The number of halogens is 1. The molecule has 1 rings (SSSR count). The molecular weight excluding hydrogens is 272 g/mol. The van der Waals surface area contributed by atoms with Gasteiger partial charge in [0.15, 0.2) is 0 Å². The summed E-state index contributed by atoms with van der Waals surface area (Å²) in [7, 11) is 0. The summed E-state index contributed by atoms with van der Waals surface area (Å²) in [6, 6.07) is 1.71. The van der Waals surface area contributed by atoms with E-state index in [2.05, 4.69) is 20.9 Å². The quantitative estimate of drug-likeness (QED) is 0.848. The first-order chi connectivity index (χ1) is 7.28. The van der Waals surface area contributed by atoms with Gasteiger partial charge in [-0.2, -0.15) is 0 Å². The van der Waals surface area contributed by atoms with Crippen LogP contribution in [0.15, 0.2) is 16.7 Å². The Hall–Kier alpha value is -1.10. The Bertz CT molecular complexity index is 399. The second kappa shape index (κ2) is 4.82. The molecule has 1 aromatic heterocycles. The molecule has 2 N–H and O–H groups in total. The van der Waals surface area contributed by atoms with E-state index in [0.29, 0.717) is 11.4 Å². The highest BCUT2D eigenvalue weighted by Crippen LogP contribution is 2.17. The van der Waals surface area contributed by atoms with Crippen molar-refractivity contribution in [1.82, 2.24) is 4.98 Å². The molecule has 4 nitrogen and oxygen atoms in total. The molecule has 0 saturated heterocycles. The Kier molecular flexibility index (Phi) is 3.91. The van der Waals surface area contributed by atoms with E-state index in [1.165, 1.54) is 0 Å². The van der Waals surface area contributed by atoms with Crippen LogP contribution in [0.5, 0.6) is 0 Å². The highest BCUT2D eigenvalue weighted by molar-refractivity contribution is 9.10. The molecule has 0 spiro atoms. The van der Waals surface area contributed by atoms with Gasteiger partial charge in [-0.05, 0) is 42.8 Å². The third-order valence-corrected chi connectivity index (χ3v) is 2.14. The molecule has 1 heterocycles. The number of nitrogens with two attached hydrogens (primary N) is 1. The first-order valence-corrected chi connectivity index (χ1v) is 5.69. The molecule has 0 radical (unpaired) electrons. The number of nitrogens with zero attached hydrogens (tertiary/aromatic N) is 1. The number of carbonyl (C=O) groups is 1. The average molecular weight is 287 g/mol. The van der Waals surface area contributed by atoms with Gasteiger partial charge < -0.3 is 10.5 Å². The normalized spacial score (nSPS) is 11.2. The van der Waals surface area contributed by atoms with Crippen LogP contribution in [0, 0.1) is 0 Å². The molecule has 88 valence electrons. The molecule has 0 unspecified atom stereocenters. The maximum atomic E-state index is 11.5. The summed E-state index contributed by atoms with van der Waals surface area (Å²) in [5, 5.41) is 0. The molecule has 0 aliphatic heterocycles. The predicted molar refractivity (Wildman–Crippen MR) is 65.9 cm³/mol. The third kappa shape index (κ3) is 4.18. The molecule has 0 fully saturated rings. The Morgan fingerprint density at radius 3 is 2.69 bits per heavy atom. The van der Waals surface area contributed by atoms with Crippen LogP contribution in [0.1, 0.15) is 26.5 Å². The van der Waals surface area contributed by atoms with Crippen molar-refractivity contribution in [3.63, 3.8) is 0 Å². The molecule has 0 atom stereocenters. The monoisotopic (exact) mass is 286 g/mol. The van der Waals surface area contributed by atoms with Crippen molar-refractivity contribution in [2.45, 2.75) is 32.8 Å². The average Bonchev–Trinajstić information content (AvgIpc) is 2.06. The van der Waals surface area contributed by atoms with Crippen LogP contribution < -0.4 is 5.73 Å². The van der Waals surface area contributed by atoms with Gasteiger partial charge in [-0.1, -0.05) is 0 Å². The number of ether oxygens (including phenoxy) is 1. The fourth-order valence-corrected chi connectivity index (χ4v) is 1.49. The van der Waals surface area contributed by atoms with Gasteiger partial charge in [-0.15, -0.1) is 0 Å². The van der Waals surface area contributed by atoms with Crippen molar-refractivity contribution in [2.24, 2.45) is 0 Å². The van der Waals surface area contributed by atoms with Crippen LogP contribution in [0.4, 0.5) is 5.69 Å². The summed E-state index contributed by atoms with van der Waals surface area (Å²) in [4.78, 5) is 15.6. The van der Waals surface area contributed by atoms with Crippen molar-refractivity contribution in [1.29, 1.82) is 0 Å². The van der Waals surface area contributed by atoms with Gasteiger partial charge in [-0.3, -0.25) is 9.78 Å². The highest BCUT2D eigenvalue weighted by Gasteiger charge is 2.17. The van der Waals surface area contributed by atoms with E-state index in [0.717, 1.165) is 4.47 Å². The SMILES string of the molecule is CC(C)(C)OC(=O)Cc1ncc(Br)cc1N. The van der Waals surface area contributed by atoms with Crippen molar-refractivity contribution >= 4 is 27.6 Å². The number of pyridine rings is 1. The van der Waals surface area contributed by atoms with Gasteiger partial charge in [0, 0.05) is 10.7 Å². The Morgan fingerprint density at radius 2 is 2.19 bits per heavy atom. The molecule has 0 aliphatic rings. The van der Waals surface area contributed by atoms with E-state index < -0.39 is 5.60 Å². The number of esters is 1. The van der Waals surface area contributed by atoms with Crippen LogP contribution in [0.25, 0.3) is 0 Å². The first kappa shape index (κ1) is 13.0. The van der Waals surface area contributed by atoms with Crippen LogP contribution in [-0.2, 0) is 16.0 Å². The molecular formula is C11H15BrN2O2. The van der Waals surface area contributed by atoms with Gasteiger partial charge in [0.2, 0.25) is 0 Å². The van der Waals surface area contributed by atoms with Gasteiger partial charge in [0.25, 0.3) is 0 Å². The maximum absolute atomic E-state index is 11.5. The maximum Gasteiger partial charge on any atom is 0.312 e.